The second-order valence-corrected chi connectivity index (χ2v) is 19.8. The Morgan fingerprint density at radius 2 is 1.81 bits per heavy atom. The molecule has 11 heteroatoms. The van der Waals surface area contributed by atoms with Gasteiger partial charge in [0.05, 0.1) is 23.6 Å². The maximum atomic E-state index is 16.7. The Balaban J connectivity index is 1.51. The molecule has 0 amide bonds. The summed E-state index contributed by atoms with van der Waals surface area (Å²) in [5.41, 5.74) is 4.08. The van der Waals surface area contributed by atoms with Gasteiger partial charge >= 0.3 is 6.01 Å². The minimum Gasteiger partial charge on any atom is -0.508 e. The van der Waals surface area contributed by atoms with Gasteiger partial charge in [-0.05, 0) is 59.6 Å². The van der Waals surface area contributed by atoms with Crippen LogP contribution in [0, 0.1) is 23.1 Å². The highest BCUT2D eigenvalue weighted by Crippen LogP contribution is 2.43. The number of rotatable bonds is 8. The monoisotopic (exact) mass is 676 g/mol. The zero-order valence-corrected chi connectivity index (χ0v) is 29.6. The number of phenolic OH excluding ortho intramolecular Hbond substituents is 1. The first-order valence-corrected chi connectivity index (χ1v) is 19.0. The molecule has 4 aromatic rings. The van der Waals surface area contributed by atoms with Crippen molar-refractivity contribution in [3.63, 3.8) is 0 Å². The lowest BCUT2D eigenvalue weighted by Gasteiger charge is -2.38. The van der Waals surface area contributed by atoms with Crippen molar-refractivity contribution in [2.45, 2.75) is 89.1 Å². The van der Waals surface area contributed by atoms with Gasteiger partial charge in [0.1, 0.15) is 43.6 Å². The Morgan fingerprint density at radius 1 is 1.08 bits per heavy atom. The zero-order valence-electron chi connectivity index (χ0n) is 28.6. The van der Waals surface area contributed by atoms with E-state index in [-0.39, 0.29) is 52.0 Å². The van der Waals surface area contributed by atoms with Crippen molar-refractivity contribution >= 4 is 29.7 Å². The molecule has 2 aromatic heterocycles. The molecule has 0 spiro atoms. The number of methoxy groups -OCH3 is 1. The van der Waals surface area contributed by atoms with Crippen molar-refractivity contribution in [1.29, 1.82) is 0 Å². The quantitative estimate of drug-likeness (QED) is 0.148. The molecular formula is C37H43F3N4O3Si. The molecule has 7 nitrogen and oxygen atoms in total. The third kappa shape index (κ3) is 5.66. The molecule has 2 fully saturated rings. The van der Waals surface area contributed by atoms with E-state index in [0.717, 1.165) is 19.4 Å². The van der Waals surface area contributed by atoms with E-state index in [2.05, 4.69) is 72.9 Å². The highest BCUT2D eigenvalue weighted by molar-refractivity contribution is 6.90. The van der Waals surface area contributed by atoms with E-state index in [0.29, 0.717) is 40.4 Å². The van der Waals surface area contributed by atoms with Crippen LogP contribution in [0.4, 0.5) is 13.2 Å². The molecule has 2 aromatic carbocycles. The molecule has 48 heavy (non-hydrogen) atoms. The van der Waals surface area contributed by atoms with E-state index >= 15 is 8.78 Å². The number of fused-ring (bicyclic) bond motifs is 3. The van der Waals surface area contributed by atoms with Crippen LogP contribution in [-0.4, -0.2) is 71.5 Å². The maximum Gasteiger partial charge on any atom is 0.317 e. The van der Waals surface area contributed by atoms with Crippen molar-refractivity contribution in [3.8, 4) is 40.4 Å². The van der Waals surface area contributed by atoms with Gasteiger partial charge in [0.15, 0.2) is 5.82 Å². The van der Waals surface area contributed by atoms with E-state index in [1.165, 1.54) is 37.6 Å². The molecule has 4 heterocycles. The van der Waals surface area contributed by atoms with E-state index in [4.69, 9.17) is 9.47 Å². The molecule has 2 aliphatic rings. The summed E-state index contributed by atoms with van der Waals surface area (Å²) < 4.78 is 58.4. The number of aromatic hydroxyl groups is 1. The second kappa shape index (κ2) is 12.9. The molecule has 2 saturated heterocycles. The van der Waals surface area contributed by atoms with Crippen LogP contribution in [-0.2, 0) is 0 Å². The van der Waals surface area contributed by atoms with Gasteiger partial charge < -0.3 is 14.6 Å². The van der Waals surface area contributed by atoms with Crippen LogP contribution in [0.3, 0.4) is 0 Å². The van der Waals surface area contributed by atoms with Gasteiger partial charge in [0, 0.05) is 30.1 Å². The Hall–Kier alpha value is -3.88. The lowest BCUT2D eigenvalue weighted by Crippen LogP contribution is -2.43. The van der Waals surface area contributed by atoms with E-state index in [9.17, 15) is 9.50 Å². The summed E-state index contributed by atoms with van der Waals surface area (Å²) in [6.07, 6.45) is 2.60. The van der Waals surface area contributed by atoms with Gasteiger partial charge in [-0.15, -0.1) is 5.54 Å². The molecule has 1 N–H and O–H groups in total. The molecule has 254 valence electrons. The van der Waals surface area contributed by atoms with Crippen LogP contribution in [0.15, 0.2) is 30.5 Å². The number of nitrogens with zero attached hydrogens (tertiary/aromatic N) is 4. The van der Waals surface area contributed by atoms with Gasteiger partial charge in [-0.25, -0.2) is 23.1 Å². The molecule has 2 atom stereocenters. The molecule has 0 bridgehead atoms. The molecule has 0 radical (unpaired) electrons. The lowest BCUT2D eigenvalue weighted by atomic mass is 9.95. The molecular weight excluding hydrogens is 634 g/mol. The number of pyridine rings is 1. The van der Waals surface area contributed by atoms with Crippen LogP contribution < -0.4 is 9.47 Å². The fraction of sp³-hybridized carbons (Fsp3) is 0.486. The lowest BCUT2D eigenvalue weighted by molar-refractivity contribution is 0.107. The molecule has 0 saturated carbocycles. The van der Waals surface area contributed by atoms with E-state index in [1.54, 1.807) is 0 Å². The van der Waals surface area contributed by atoms with Crippen molar-refractivity contribution in [2.75, 3.05) is 26.8 Å². The summed E-state index contributed by atoms with van der Waals surface area (Å²) in [5.74, 6) is 1.78. The van der Waals surface area contributed by atoms with Crippen molar-refractivity contribution in [2.24, 2.45) is 0 Å². The van der Waals surface area contributed by atoms with Crippen LogP contribution in [0.5, 0.6) is 17.6 Å². The Labute approximate surface area is 280 Å². The number of aromatic nitrogens is 3. The number of benzene rings is 2. The predicted molar refractivity (Wildman–Crippen MR) is 185 cm³/mol. The largest absolute Gasteiger partial charge is 0.508 e. The van der Waals surface area contributed by atoms with Crippen LogP contribution in [0.1, 0.15) is 66.4 Å². The molecule has 6 rings (SSSR count). The first kappa shape index (κ1) is 34.0. The number of hydrogen-bond acceptors (Lipinski definition) is 7. The van der Waals surface area contributed by atoms with Crippen molar-refractivity contribution < 1.29 is 27.8 Å². The topological polar surface area (TPSA) is 80.6 Å². The standard InChI is InChI=1S/C37H43F3N4O3Si/c1-21(2)48(22(3)4,23(5)6)14-11-27-30(39)10-9-24-15-26(45)16-28(31(24)27)33-32(40)34-29(35(42-33)46-7)18-41-36(43-34)47-20-37-12-8-13-44(37)19-25(38)17-37/h9-10,15-16,18,21-23,25,45H,8,12-13,17,19-20H2,1-7H3/t25-,37+/m1/s1. The summed E-state index contributed by atoms with van der Waals surface area (Å²) in [6.45, 7) is 14.4. The van der Waals surface area contributed by atoms with Gasteiger partial charge in [0.25, 0.3) is 0 Å². The third-order valence-electron chi connectivity index (χ3n) is 10.6. The van der Waals surface area contributed by atoms with Gasteiger partial charge in [-0.3, -0.25) is 4.90 Å². The number of halogens is 3. The van der Waals surface area contributed by atoms with Crippen LogP contribution >= 0.6 is 0 Å². The predicted octanol–water partition coefficient (Wildman–Crippen LogP) is 8.36. The summed E-state index contributed by atoms with van der Waals surface area (Å²) >= 11 is 0. The zero-order chi connectivity index (χ0) is 34.5. The molecule has 2 aliphatic heterocycles. The molecule has 0 unspecified atom stereocenters. The third-order valence-corrected chi connectivity index (χ3v) is 16.9. The van der Waals surface area contributed by atoms with Gasteiger partial charge in [0.2, 0.25) is 5.88 Å². The number of hydrogen-bond donors (Lipinski definition) is 1. The fourth-order valence-electron chi connectivity index (χ4n) is 8.40. The van der Waals surface area contributed by atoms with Crippen molar-refractivity contribution in [1.82, 2.24) is 19.9 Å². The number of alkyl halides is 1. The summed E-state index contributed by atoms with van der Waals surface area (Å²) in [5, 5.41) is 11.8. The fourth-order valence-corrected chi connectivity index (χ4v) is 13.6. The average molecular weight is 677 g/mol. The Kier molecular flexibility index (Phi) is 9.11. The SMILES string of the molecule is COc1nc(-c2cc(O)cc3ccc(F)c(C#C[Si](C(C)C)(C(C)C)C(C)C)c23)c(F)c2nc(OC[C@@]34CCCN3C[C@H](F)C4)ncc12. The Morgan fingerprint density at radius 3 is 2.50 bits per heavy atom. The maximum absolute atomic E-state index is 16.7. The first-order valence-electron chi connectivity index (χ1n) is 16.7. The first-order chi connectivity index (χ1) is 22.8. The van der Waals surface area contributed by atoms with Crippen LogP contribution in [0.25, 0.3) is 32.9 Å². The van der Waals surface area contributed by atoms with Crippen LogP contribution in [0.2, 0.25) is 16.6 Å². The number of phenols is 1. The summed E-state index contributed by atoms with van der Waals surface area (Å²) in [6, 6.07) is 5.67. The van der Waals surface area contributed by atoms with Gasteiger partial charge in [-0.2, -0.15) is 4.98 Å². The molecule has 0 aliphatic carbocycles. The van der Waals surface area contributed by atoms with E-state index in [1.807, 2.05) is 0 Å². The minimum atomic E-state index is -2.27. The Bertz CT molecular complexity index is 1920. The smallest absolute Gasteiger partial charge is 0.317 e. The minimum absolute atomic E-state index is 0.0518. The van der Waals surface area contributed by atoms with Crippen molar-refractivity contribution in [3.05, 3.63) is 47.7 Å². The van der Waals surface area contributed by atoms with Gasteiger partial charge in [-0.1, -0.05) is 53.5 Å². The second-order valence-electron chi connectivity index (χ2n) is 14.2. The normalized spacial score (nSPS) is 19.8. The highest BCUT2D eigenvalue weighted by atomic mass is 28.3. The summed E-state index contributed by atoms with van der Waals surface area (Å²) in [4.78, 5) is 15.3. The average Bonchev–Trinajstić information content (AvgIpc) is 3.56. The highest BCUT2D eigenvalue weighted by Gasteiger charge is 2.49. The number of ether oxygens (including phenoxy) is 2. The van der Waals surface area contributed by atoms with E-state index < -0.39 is 31.4 Å². The summed E-state index contributed by atoms with van der Waals surface area (Å²) in [7, 11) is -0.865.